The van der Waals surface area contributed by atoms with Gasteiger partial charge in [0.05, 0.1) is 24.3 Å². The number of ether oxygens (including phenoxy) is 2. The van der Waals surface area contributed by atoms with E-state index in [0.29, 0.717) is 11.6 Å². The Balaban J connectivity index is 2.26. The highest BCUT2D eigenvalue weighted by Crippen LogP contribution is 2.38. The van der Waals surface area contributed by atoms with Gasteiger partial charge in [-0.25, -0.2) is 9.59 Å². The maximum atomic E-state index is 12.1. The molecule has 6 heteroatoms. The SMILES string of the molecule is CCOC(=O)c1cc(NC(=O)[C@H]2C[C@H]2C)cc(C(=O)OCC)c1. The van der Waals surface area contributed by atoms with E-state index in [9.17, 15) is 14.4 Å². The molecule has 6 nitrogen and oxygen atoms in total. The van der Waals surface area contributed by atoms with Gasteiger partial charge in [-0.1, -0.05) is 6.92 Å². The first-order valence-corrected chi connectivity index (χ1v) is 7.76. The molecule has 1 aliphatic carbocycles. The number of carbonyl (C=O) groups excluding carboxylic acids is 3. The molecule has 124 valence electrons. The number of esters is 2. The summed E-state index contributed by atoms with van der Waals surface area (Å²) in [5.74, 6) is -0.837. The minimum Gasteiger partial charge on any atom is -0.462 e. The highest BCUT2D eigenvalue weighted by molar-refractivity contribution is 6.00. The molecule has 1 amide bonds. The van der Waals surface area contributed by atoms with Crippen LogP contribution in [0.15, 0.2) is 18.2 Å². The van der Waals surface area contributed by atoms with Crippen LogP contribution in [-0.2, 0) is 14.3 Å². The number of nitrogens with one attached hydrogen (secondary N) is 1. The van der Waals surface area contributed by atoms with E-state index >= 15 is 0 Å². The number of anilines is 1. The summed E-state index contributed by atoms with van der Waals surface area (Å²) in [6.45, 7) is 5.85. The van der Waals surface area contributed by atoms with Gasteiger partial charge in [0.2, 0.25) is 5.91 Å². The highest BCUT2D eigenvalue weighted by atomic mass is 16.5. The third-order valence-corrected chi connectivity index (χ3v) is 3.67. The Bertz CT molecular complexity index is 589. The van der Waals surface area contributed by atoms with Crippen molar-refractivity contribution in [2.75, 3.05) is 18.5 Å². The molecule has 1 aliphatic rings. The average Bonchev–Trinajstić information content (AvgIpc) is 3.24. The van der Waals surface area contributed by atoms with Crippen molar-refractivity contribution < 1.29 is 23.9 Å². The van der Waals surface area contributed by atoms with E-state index in [1.807, 2.05) is 6.92 Å². The Morgan fingerprint density at radius 2 is 1.52 bits per heavy atom. The molecule has 0 aromatic heterocycles. The third kappa shape index (κ3) is 4.31. The molecule has 2 atom stereocenters. The van der Waals surface area contributed by atoms with Crippen molar-refractivity contribution in [2.24, 2.45) is 11.8 Å². The lowest BCUT2D eigenvalue weighted by molar-refractivity contribution is -0.117. The second-order valence-electron chi connectivity index (χ2n) is 5.55. The predicted octanol–water partition coefficient (Wildman–Crippen LogP) is 2.63. The zero-order chi connectivity index (χ0) is 17.0. The van der Waals surface area contributed by atoms with Crippen LogP contribution < -0.4 is 5.32 Å². The van der Waals surface area contributed by atoms with Gasteiger partial charge in [0.1, 0.15) is 0 Å². The monoisotopic (exact) mass is 319 g/mol. The van der Waals surface area contributed by atoms with Crippen LogP contribution >= 0.6 is 0 Å². The number of benzene rings is 1. The predicted molar refractivity (Wildman–Crippen MR) is 84.3 cm³/mol. The molecule has 1 fully saturated rings. The van der Waals surface area contributed by atoms with Gasteiger partial charge in [0.15, 0.2) is 0 Å². The maximum Gasteiger partial charge on any atom is 0.338 e. The number of amides is 1. The Morgan fingerprint density at radius 3 is 1.91 bits per heavy atom. The van der Waals surface area contributed by atoms with Gasteiger partial charge >= 0.3 is 11.9 Å². The molecule has 0 heterocycles. The second kappa shape index (κ2) is 7.26. The highest BCUT2D eigenvalue weighted by Gasteiger charge is 2.39. The lowest BCUT2D eigenvalue weighted by Crippen LogP contribution is -2.16. The minimum absolute atomic E-state index is 0.00714. The fraction of sp³-hybridized carbons (Fsp3) is 0.471. The smallest absolute Gasteiger partial charge is 0.338 e. The minimum atomic E-state index is -0.547. The average molecular weight is 319 g/mol. The van der Waals surface area contributed by atoms with Gasteiger partial charge < -0.3 is 14.8 Å². The molecule has 23 heavy (non-hydrogen) atoms. The van der Waals surface area contributed by atoms with Crippen molar-refractivity contribution in [3.63, 3.8) is 0 Å². The first-order valence-electron chi connectivity index (χ1n) is 7.76. The molecule has 1 aromatic carbocycles. The Hall–Kier alpha value is -2.37. The van der Waals surface area contributed by atoms with Crippen LogP contribution in [0.3, 0.4) is 0 Å². The quantitative estimate of drug-likeness (QED) is 0.815. The third-order valence-electron chi connectivity index (χ3n) is 3.67. The lowest BCUT2D eigenvalue weighted by Gasteiger charge is -2.10. The van der Waals surface area contributed by atoms with E-state index in [1.165, 1.54) is 18.2 Å². The zero-order valence-electron chi connectivity index (χ0n) is 13.5. The maximum absolute atomic E-state index is 12.1. The molecule has 0 radical (unpaired) electrons. The Labute approximate surface area is 135 Å². The molecular formula is C17H21NO5. The summed E-state index contributed by atoms with van der Waals surface area (Å²) in [7, 11) is 0. The van der Waals surface area contributed by atoms with Crippen LogP contribution in [0.25, 0.3) is 0 Å². The number of hydrogen-bond acceptors (Lipinski definition) is 5. The van der Waals surface area contributed by atoms with Crippen LogP contribution in [0.1, 0.15) is 47.9 Å². The van der Waals surface area contributed by atoms with Crippen molar-refractivity contribution in [2.45, 2.75) is 27.2 Å². The standard InChI is InChI=1S/C17H21NO5/c1-4-22-16(20)11-7-12(17(21)23-5-2)9-13(8-11)18-15(19)14-6-10(14)3/h7-10,14H,4-6H2,1-3H3,(H,18,19)/t10-,14+/m1/s1. The molecule has 0 aliphatic heterocycles. The van der Waals surface area contributed by atoms with E-state index in [1.54, 1.807) is 13.8 Å². The fourth-order valence-electron chi connectivity index (χ4n) is 2.29. The van der Waals surface area contributed by atoms with Gasteiger partial charge in [-0.2, -0.15) is 0 Å². The van der Waals surface area contributed by atoms with Gasteiger partial charge in [-0.3, -0.25) is 4.79 Å². The van der Waals surface area contributed by atoms with Crippen molar-refractivity contribution >= 4 is 23.5 Å². The summed E-state index contributed by atoms with van der Waals surface area (Å²) in [5, 5.41) is 2.75. The Morgan fingerprint density at radius 1 is 1.04 bits per heavy atom. The van der Waals surface area contributed by atoms with Crippen LogP contribution in [-0.4, -0.2) is 31.1 Å². The van der Waals surface area contributed by atoms with E-state index in [4.69, 9.17) is 9.47 Å². The van der Waals surface area contributed by atoms with E-state index in [-0.39, 0.29) is 36.2 Å². The molecule has 0 spiro atoms. The van der Waals surface area contributed by atoms with Gasteiger partial charge in [0, 0.05) is 11.6 Å². The topological polar surface area (TPSA) is 81.7 Å². The lowest BCUT2D eigenvalue weighted by atomic mass is 10.1. The molecule has 2 rings (SSSR count). The van der Waals surface area contributed by atoms with Crippen molar-refractivity contribution in [1.82, 2.24) is 0 Å². The van der Waals surface area contributed by atoms with E-state index in [0.717, 1.165) is 6.42 Å². The van der Waals surface area contributed by atoms with Gasteiger partial charge in [0.25, 0.3) is 0 Å². The molecule has 0 bridgehead atoms. The summed E-state index contributed by atoms with van der Waals surface area (Å²) in [5.41, 5.74) is 0.802. The number of hydrogen-bond donors (Lipinski definition) is 1. The van der Waals surface area contributed by atoms with Crippen LogP contribution in [0.5, 0.6) is 0 Å². The number of carbonyl (C=O) groups is 3. The molecule has 0 saturated heterocycles. The van der Waals surface area contributed by atoms with Crippen LogP contribution in [0.2, 0.25) is 0 Å². The first kappa shape index (κ1) is 17.0. The van der Waals surface area contributed by atoms with Crippen LogP contribution in [0.4, 0.5) is 5.69 Å². The fourth-order valence-corrected chi connectivity index (χ4v) is 2.29. The van der Waals surface area contributed by atoms with E-state index in [2.05, 4.69) is 5.32 Å². The molecule has 1 N–H and O–H groups in total. The molecule has 1 aromatic rings. The van der Waals surface area contributed by atoms with Crippen molar-refractivity contribution in [3.05, 3.63) is 29.3 Å². The normalized spacial score (nSPS) is 18.9. The molecule has 0 unspecified atom stereocenters. The number of rotatable bonds is 6. The van der Waals surface area contributed by atoms with E-state index < -0.39 is 11.9 Å². The van der Waals surface area contributed by atoms with Gasteiger partial charge in [-0.15, -0.1) is 0 Å². The molecular weight excluding hydrogens is 298 g/mol. The Kier molecular flexibility index (Phi) is 5.36. The van der Waals surface area contributed by atoms with Crippen LogP contribution in [0, 0.1) is 11.8 Å². The summed E-state index contributed by atoms with van der Waals surface area (Å²) >= 11 is 0. The molecule has 1 saturated carbocycles. The zero-order valence-corrected chi connectivity index (χ0v) is 13.5. The van der Waals surface area contributed by atoms with Gasteiger partial charge in [-0.05, 0) is 44.4 Å². The summed E-state index contributed by atoms with van der Waals surface area (Å²) < 4.78 is 9.91. The largest absolute Gasteiger partial charge is 0.462 e. The van der Waals surface area contributed by atoms with Crippen molar-refractivity contribution in [1.29, 1.82) is 0 Å². The van der Waals surface area contributed by atoms with Crippen molar-refractivity contribution in [3.8, 4) is 0 Å². The second-order valence-corrected chi connectivity index (χ2v) is 5.55. The summed E-state index contributed by atoms with van der Waals surface area (Å²) in [6, 6.07) is 4.42. The summed E-state index contributed by atoms with van der Waals surface area (Å²) in [6.07, 6.45) is 0.855. The first-order chi connectivity index (χ1) is 11.0. The summed E-state index contributed by atoms with van der Waals surface area (Å²) in [4.78, 5) is 35.9.